The van der Waals surface area contributed by atoms with Crippen LogP contribution in [0.1, 0.15) is 31.7 Å². The Balaban J connectivity index is 1.75. The zero-order valence-electron chi connectivity index (χ0n) is 10.4. The van der Waals surface area contributed by atoms with Crippen LogP contribution in [0.2, 0.25) is 0 Å². The van der Waals surface area contributed by atoms with Gasteiger partial charge >= 0.3 is 0 Å². The molecule has 2 rings (SSSR count). The lowest BCUT2D eigenvalue weighted by atomic mass is 10.1. The zero-order valence-corrected chi connectivity index (χ0v) is 12.0. The second-order valence-electron chi connectivity index (χ2n) is 4.90. The molecule has 0 radical (unpaired) electrons. The van der Waals surface area contributed by atoms with Gasteiger partial charge in [-0.05, 0) is 44.4 Å². The molecule has 1 saturated heterocycles. The van der Waals surface area contributed by atoms with Gasteiger partial charge in [0, 0.05) is 23.1 Å². The highest BCUT2D eigenvalue weighted by atomic mass is 79.9. The number of hydrogen-bond acceptors (Lipinski definition) is 2. The molecule has 1 heterocycles. The summed E-state index contributed by atoms with van der Waals surface area (Å²) in [6.07, 6.45) is 3.90. The minimum atomic E-state index is 0.567. The second kappa shape index (κ2) is 6.53. The van der Waals surface area contributed by atoms with E-state index < -0.39 is 0 Å². The Morgan fingerprint density at radius 2 is 2.29 bits per heavy atom. The molecule has 17 heavy (non-hydrogen) atoms. The summed E-state index contributed by atoms with van der Waals surface area (Å²) in [6.45, 7) is 4.41. The van der Waals surface area contributed by atoms with E-state index in [0.717, 1.165) is 12.6 Å². The van der Waals surface area contributed by atoms with Crippen LogP contribution in [0.15, 0.2) is 28.7 Å². The van der Waals surface area contributed by atoms with Gasteiger partial charge in [0.1, 0.15) is 0 Å². The summed E-state index contributed by atoms with van der Waals surface area (Å²) in [6, 6.07) is 9.69. The first-order valence-electron chi connectivity index (χ1n) is 6.46. The van der Waals surface area contributed by atoms with Crippen LogP contribution in [0.4, 0.5) is 0 Å². The van der Waals surface area contributed by atoms with Gasteiger partial charge in [0.15, 0.2) is 0 Å². The third kappa shape index (κ3) is 4.09. The van der Waals surface area contributed by atoms with E-state index in [-0.39, 0.29) is 0 Å². The molecule has 0 saturated carbocycles. The van der Waals surface area contributed by atoms with E-state index in [1.807, 2.05) is 0 Å². The van der Waals surface area contributed by atoms with Crippen LogP contribution in [0.5, 0.6) is 0 Å². The van der Waals surface area contributed by atoms with Crippen molar-refractivity contribution in [2.75, 3.05) is 6.54 Å². The molecule has 0 aromatic heterocycles. The quantitative estimate of drug-likeness (QED) is 0.873. The average Bonchev–Trinajstić information content (AvgIpc) is 2.81. The first-order valence-corrected chi connectivity index (χ1v) is 7.25. The van der Waals surface area contributed by atoms with Crippen LogP contribution in [-0.4, -0.2) is 18.6 Å². The average molecular weight is 297 g/mol. The first kappa shape index (κ1) is 13.1. The summed E-state index contributed by atoms with van der Waals surface area (Å²) in [5.41, 5.74) is 1.33. The molecule has 94 valence electrons. The van der Waals surface area contributed by atoms with E-state index in [1.165, 1.54) is 35.8 Å². The Bertz CT molecular complexity index is 348. The van der Waals surface area contributed by atoms with Crippen LogP contribution in [0.3, 0.4) is 0 Å². The minimum absolute atomic E-state index is 0.567. The summed E-state index contributed by atoms with van der Waals surface area (Å²) < 4.78 is 1.19. The molecule has 2 atom stereocenters. The molecule has 0 aliphatic carbocycles. The van der Waals surface area contributed by atoms with E-state index >= 15 is 0 Å². The molecule has 1 aromatic rings. The molecular weight excluding hydrogens is 276 g/mol. The van der Waals surface area contributed by atoms with Crippen molar-refractivity contribution >= 4 is 15.9 Å². The van der Waals surface area contributed by atoms with Gasteiger partial charge in [-0.15, -0.1) is 0 Å². The van der Waals surface area contributed by atoms with Crippen LogP contribution in [0.25, 0.3) is 0 Å². The Hall–Kier alpha value is -0.380. The standard InChI is InChI=1S/C14H21BrN2/c1-11(9-13-6-4-8-16-13)17-10-12-5-2-3-7-14(12)15/h2-3,5,7,11,13,16-17H,4,6,8-10H2,1H3. The molecule has 2 nitrogen and oxygen atoms in total. The zero-order chi connectivity index (χ0) is 12.1. The molecule has 1 aliphatic rings. The van der Waals surface area contributed by atoms with E-state index in [9.17, 15) is 0 Å². The van der Waals surface area contributed by atoms with Crippen molar-refractivity contribution in [1.82, 2.24) is 10.6 Å². The third-order valence-corrected chi connectivity index (χ3v) is 4.17. The number of hydrogen-bond donors (Lipinski definition) is 2. The fraction of sp³-hybridized carbons (Fsp3) is 0.571. The largest absolute Gasteiger partial charge is 0.314 e. The molecular formula is C14H21BrN2. The van der Waals surface area contributed by atoms with Crippen LogP contribution in [0, 0.1) is 0 Å². The summed E-state index contributed by atoms with van der Waals surface area (Å²) >= 11 is 3.58. The normalized spacial score (nSPS) is 21.6. The smallest absolute Gasteiger partial charge is 0.0220 e. The van der Waals surface area contributed by atoms with E-state index in [4.69, 9.17) is 0 Å². The third-order valence-electron chi connectivity index (χ3n) is 3.40. The molecule has 1 fully saturated rings. The lowest BCUT2D eigenvalue weighted by Gasteiger charge is -2.18. The number of nitrogens with one attached hydrogen (secondary N) is 2. The van der Waals surface area contributed by atoms with Gasteiger partial charge in [0.25, 0.3) is 0 Å². The van der Waals surface area contributed by atoms with Gasteiger partial charge in [-0.2, -0.15) is 0 Å². The van der Waals surface area contributed by atoms with Gasteiger partial charge < -0.3 is 10.6 Å². The van der Waals surface area contributed by atoms with Crippen molar-refractivity contribution in [2.24, 2.45) is 0 Å². The second-order valence-corrected chi connectivity index (χ2v) is 5.76. The highest BCUT2D eigenvalue weighted by Gasteiger charge is 2.16. The van der Waals surface area contributed by atoms with E-state index in [2.05, 4.69) is 57.8 Å². The van der Waals surface area contributed by atoms with Crippen molar-refractivity contribution in [1.29, 1.82) is 0 Å². The molecule has 1 aromatic carbocycles. The molecule has 0 spiro atoms. The van der Waals surface area contributed by atoms with Gasteiger partial charge in [0.05, 0.1) is 0 Å². The fourth-order valence-electron chi connectivity index (χ4n) is 2.39. The fourth-order valence-corrected chi connectivity index (χ4v) is 2.82. The van der Waals surface area contributed by atoms with Gasteiger partial charge in [-0.25, -0.2) is 0 Å². The minimum Gasteiger partial charge on any atom is -0.314 e. The Morgan fingerprint density at radius 1 is 1.47 bits per heavy atom. The summed E-state index contributed by atoms with van der Waals surface area (Å²) in [5, 5.41) is 7.14. The molecule has 0 bridgehead atoms. The Labute approximate surface area is 112 Å². The van der Waals surface area contributed by atoms with E-state index in [1.54, 1.807) is 0 Å². The molecule has 3 heteroatoms. The van der Waals surface area contributed by atoms with Gasteiger partial charge in [0.2, 0.25) is 0 Å². The molecule has 2 N–H and O–H groups in total. The summed E-state index contributed by atoms with van der Waals surface area (Å²) in [4.78, 5) is 0. The number of benzene rings is 1. The van der Waals surface area contributed by atoms with Crippen LogP contribution >= 0.6 is 15.9 Å². The van der Waals surface area contributed by atoms with Crippen LogP contribution < -0.4 is 10.6 Å². The van der Waals surface area contributed by atoms with Gasteiger partial charge in [-0.3, -0.25) is 0 Å². The van der Waals surface area contributed by atoms with Crippen molar-refractivity contribution in [3.63, 3.8) is 0 Å². The maximum absolute atomic E-state index is 3.60. The molecule has 2 unspecified atom stereocenters. The predicted octanol–water partition coefficient (Wildman–Crippen LogP) is 3.07. The predicted molar refractivity (Wildman–Crippen MR) is 76.1 cm³/mol. The van der Waals surface area contributed by atoms with Crippen molar-refractivity contribution in [3.8, 4) is 0 Å². The van der Waals surface area contributed by atoms with Crippen LogP contribution in [-0.2, 0) is 6.54 Å². The summed E-state index contributed by atoms with van der Waals surface area (Å²) in [7, 11) is 0. The topological polar surface area (TPSA) is 24.1 Å². The highest BCUT2D eigenvalue weighted by Crippen LogP contribution is 2.16. The maximum Gasteiger partial charge on any atom is 0.0220 e. The van der Waals surface area contributed by atoms with E-state index in [0.29, 0.717) is 6.04 Å². The summed E-state index contributed by atoms with van der Waals surface area (Å²) in [5.74, 6) is 0. The van der Waals surface area contributed by atoms with Crippen molar-refractivity contribution in [3.05, 3.63) is 34.3 Å². The highest BCUT2D eigenvalue weighted by molar-refractivity contribution is 9.10. The molecule has 0 amide bonds. The lowest BCUT2D eigenvalue weighted by molar-refractivity contribution is 0.439. The lowest BCUT2D eigenvalue weighted by Crippen LogP contribution is -2.33. The molecule has 1 aliphatic heterocycles. The maximum atomic E-state index is 3.60. The van der Waals surface area contributed by atoms with Gasteiger partial charge in [-0.1, -0.05) is 34.1 Å². The Kier molecular flexibility index (Phi) is 5.01. The number of halogens is 1. The van der Waals surface area contributed by atoms with Crippen molar-refractivity contribution in [2.45, 2.75) is 44.8 Å². The SMILES string of the molecule is CC(CC1CCCN1)NCc1ccccc1Br. The first-order chi connectivity index (χ1) is 8.25. The number of rotatable bonds is 5. The monoisotopic (exact) mass is 296 g/mol. The Morgan fingerprint density at radius 3 is 3.00 bits per heavy atom. The van der Waals surface area contributed by atoms with Crippen molar-refractivity contribution < 1.29 is 0 Å².